The molecule has 0 bridgehead atoms. The standard InChI is InChI=1S/C16H24N2O2.ClH/c1-16(8-5-10-17-11-9-16)13-18-15(19)20-12-14-6-3-2-4-7-14;/h2-4,6-7,17H,5,8-13H2,1H3,(H,18,19);1H/t16-;/m0./s1. The second-order valence-corrected chi connectivity index (χ2v) is 5.83. The Labute approximate surface area is 133 Å². The smallest absolute Gasteiger partial charge is 0.407 e. The van der Waals surface area contributed by atoms with Crippen LogP contribution in [-0.2, 0) is 11.3 Å². The van der Waals surface area contributed by atoms with Crippen LogP contribution in [0.2, 0.25) is 0 Å². The van der Waals surface area contributed by atoms with Gasteiger partial charge in [0, 0.05) is 6.54 Å². The Bertz CT molecular complexity index is 418. The predicted molar refractivity (Wildman–Crippen MR) is 86.7 cm³/mol. The van der Waals surface area contributed by atoms with Gasteiger partial charge in [0.2, 0.25) is 0 Å². The maximum atomic E-state index is 11.7. The Balaban J connectivity index is 0.00000220. The minimum absolute atomic E-state index is 0. The number of nitrogens with one attached hydrogen (secondary N) is 2. The van der Waals surface area contributed by atoms with E-state index in [0.717, 1.165) is 37.9 Å². The fraction of sp³-hybridized carbons (Fsp3) is 0.562. The van der Waals surface area contributed by atoms with E-state index < -0.39 is 0 Å². The van der Waals surface area contributed by atoms with Crippen molar-refractivity contribution in [3.8, 4) is 0 Å². The molecule has 1 aliphatic rings. The Morgan fingerprint density at radius 1 is 1.29 bits per heavy atom. The second kappa shape index (κ2) is 8.90. The summed E-state index contributed by atoms with van der Waals surface area (Å²) in [6, 6.07) is 9.73. The minimum atomic E-state index is -0.327. The summed E-state index contributed by atoms with van der Waals surface area (Å²) >= 11 is 0. The van der Waals surface area contributed by atoms with Gasteiger partial charge in [0.25, 0.3) is 0 Å². The number of alkyl carbamates (subject to hydrolysis) is 1. The lowest BCUT2D eigenvalue weighted by molar-refractivity contribution is 0.132. The maximum absolute atomic E-state index is 11.7. The monoisotopic (exact) mass is 312 g/mol. The first-order valence-electron chi connectivity index (χ1n) is 7.33. The SMILES string of the molecule is C[C@]1(CNC(=O)OCc2ccccc2)CCCNCC1.Cl. The molecule has 0 radical (unpaired) electrons. The molecule has 1 amide bonds. The minimum Gasteiger partial charge on any atom is -0.445 e. The molecule has 1 fully saturated rings. The van der Waals surface area contributed by atoms with Crippen LogP contribution in [0.15, 0.2) is 30.3 Å². The van der Waals surface area contributed by atoms with E-state index in [1.54, 1.807) is 0 Å². The van der Waals surface area contributed by atoms with Gasteiger partial charge in [-0.2, -0.15) is 0 Å². The molecule has 1 aliphatic heterocycles. The second-order valence-electron chi connectivity index (χ2n) is 5.83. The van der Waals surface area contributed by atoms with E-state index >= 15 is 0 Å². The van der Waals surface area contributed by atoms with Gasteiger partial charge in [-0.1, -0.05) is 37.3 Å². The molecule has 0 aromatic heterocycles. The third kappa shape index (κ3) is 6.36. The van der Waals surface area contributed by atoms with Crippen molar-refractivity contribution in [2.75, 3.05) is 19.6 Å². The third-order valence-electron chi connectivity index (χ3n) is 3.91. The van der Waals surface area contributed by atoms with Crippen LogP contribution in [0.5, 0.6) is 0 Å². The number of ether oxygens (including phenoxy) is 1. The van der Waals surface area contributed by atoms with Gasteiger partial charge in [-0.3, -0.25) is 0 Å². The normalized spacial score (nSPS) is 21.8. The van der Waals surface area contributed by atoms with Gasteiger partial charge in [-0.15, -0.1) is 12.4 Å². The van der Waals surface area contributed by atoms with Crippen molar-refractivity contribution in [3.05, 3.63) is 35.9 Å². The molecule has 118 valence electrons. The highest BCUT2D eigenvalue weighted by molar-refractivity contribution is 5.85. The number of benzene rings is 1. The van der Waals surface area contributed by atoms with Crippen LogP contribution in [-0.4, -0.2) is 25.7 Å². The molecule has 0 saturated carbocycles. The van der Waals surface area contributed by atoms with E-state index in [9.17, 15) is 4.79 Å². The molecule has 5 heteroatoms. The Morgan fingerprint density at radius 2 is 2.05 bits per heavy atom. The van der Waals surface area contributed by atoms with Crippen LogP contribution in [0.25, 0.3) is 0 Å². The molecule has 1 heterocycles. The average molecular weight is 313 g/mol. The number of carbonyl (C=O) groups excluding carboxylic acids is 1. The fourth-order valence-electron chi connectivity index (χ4n) is 2.52. The molecule has 1 saturated heterocycles. The van der Waals surface area contributed by atoms with Crippen LogP contribution in [0.3, 0.4) is 0 Å². The van der Waals surface area contributed by atoms with Gasteiger partial charge >= 0.3 is 6.09 Å². The summed E-state index contributed by atoms with van der Waals surface area (Å²) in [5.74, 6) is 0. The molecular weight excluding hydrogens is 288 g/mol. The molecule has 4 nitrogen and oxygen atoms in total. The summed E-state index contributed by atoms with van der Waals surface area (Å²) in [4.78, 5) is 11.7. The number of carbonyl (C=O) groups is 1. The third-order valence-corrected chi connectivity index (χ3v) is 3.91. The number of hydrogen-bond acceptors (Lipinski definition) is 3. The van der Waals surface area contributed by atoms with Gasteiger partial charge < -0.3 is 15.4 Å². The number of hydrogen-bond donors (Lipinski definition) is 2. The number of rotatable bonds is 4. The van der Waals surface area contributed by atoms with Crippen molar-refractivity contribution in [3.63, 3.8) is 0 Å². The molecule has 0 aliphatic carbocycles. The summed E-state index contributed by atoms with van der Waals surface area (Å²) in [5.41, 5.74) is 1.18. The van der Waals surface area contributed by atoms with Gasteiger partial charge in [-0.05, 0) is 43.3 Å². The van der Waals surface area contributed by atoms with Crippen molar-refractivity contribution < 1.29 is 9.53 Å². The topological polar surface area (TPSA) is 50.4 Å². The van der Waals surface area contributed by atoms with Gasteiger partial charge in [0.1, 0.15) is 6.61 Å². The molecular formula is C16H25ClN2O2. The Kier molecular flexibility index (Phi) is 7.54. The summed E-state index contributed by atoms with van der Waals surface area (Å²) in [6.45, 7) is 5.34. The highest BCUT2D eigenvalue weighted by atomic mass is 35.5. The largest absolute Gasteiger partial charge is 0.445 e. The molecule has 2 rings (SSSR count). The summed E-state index contributed by atoms with van der Waals surface area (Å²) < 4.78 is 5.23. The van der Waals surface area contributed by atoms with Crippen molar-refractivity contribution in [2.24, 2.45) is 5.41 Å². The van der Waals surface area contributed by atoms with Gasteiger partial charge in [0.15, 0.2) is 0 Å². The lowest BCUT2D eigenvalue weighted by Gasteiger charge is -2.27. The summed E-state index contributed by atoms with van der Waals surface area (Å²) in [7, 11) is 0. The zero-order valence-corrected chi connectivity index (χ0v) is 13.4. The Morgan fingerprint density at radius 3 is 2.81 bits per heavy atom. The van der Waals surface area contributed by atoms with Crippen LogP contribution in [0.4, 0.5) is 4.79 Å². The number of amides is 1. The molecule has 0 unspecified atom stereocenters. The lowest BCUT2D eigenvalue weighted by atomic mass is 9.83. The molecule has 1 atom stereocenters. The first-order valence-corrected chi connectivity index (χ1v) is 7.33. The van der Waals surface area contributed by atoms with E-state index in [-0.39, 0.29) is 23.9 Å². The summed E-state index contributed by atoms with van der Waals surface area (Å²) in [6.07, 6.45) is 3.06. The first kappa shape index (κ1) is 17.8. The van der Waals surface area contributed by atoms with Crippen LogP contribution in [0.1, 0.15) is 31.7 Å². The van der Waals surface area contributed by atoms with Crippen molar-refractivity contribution in [1.82, 2.24) is 10.6 Å². The number of halogens is 1. The lowest BCUT2D eigenvalue weighted by Crippen LogP contribution is -2.36. The zero-order chi connectivity index (χ0) is 14.3. The molecule has 1 aromatic carbocycles. The van der Waals surface area contributed by atoms with Gasteiger partial charge in [-0.25, -0.2) is 4.79 Å². The average Bonchev–Trinajstić information content (AvgIpc) is 2.69. The van der Waals surface area contributed by atoms with E-state index in [1.165, 1.54) is 0 Å². The molecule has 1 aromatic rings. The predicted octanol–water partition coefficient (Wildman–Crippen LogP) is 3.11. The highest BCUT2D eigenvalue weighted by Crippen LogP contribution is 2.27. The first-order chi connectivity index (χ1) is 9.68. The quantitative estimate of drug-likeness (QED) is 0.898. The highest BCUT2D eigenvalue weighted by Gasteiger charge is 2.26. The molecule has 2 N–H and O–H groups in total. The maximum Gasteiger partial charge on any atom is 0.407 e. The molecule has 21 heavy (non-hydrogen) atoms. The van der Waals surface area contributed by atoms with Gasteiger partial charge in [0.05, 0.1) is 0 Å². The zero-order valence-electron chi connectivity index (χ0n) is 12.6. The summed E-state index contributed by atoms with van der Waals surface area (Å²) in [5, 5.41) is 6.29. The van der Waals surface area contributed by atoms with Crippen molar-refractivity contribution in [2.45, 2.75) is 32.8 Å². The van der Waals surface area contributed by atoms with Crippen LogP contribution >= 0.6 is 12.4 Å². The van der Waals surface area contributed by atoms with E-state index in [2.05, 4.69) is 17.6 Å². The van der Waals surface area contributed by atoms with Crippen molar-refractivity contribution in [1.29, 1.82) is 0 Å². The van der Waals surface area contributed by atoms with Crippen LogP contribution < -0.4 is 10.6 Å². The molecule has 0 spiro atoms. The van der Waals surface area contributed by atoms with E-state index in [4.69, 9.17) is 4.74 Å². The van der Waals surface area contributed by atoms with E-state index in [1.807, 2.05) is 30.3 Å². The Hall–Kier alpha value is -1.26. The fourth-order valence-corrected chi connectivity index (χ4v) is 2.52. The van der Waals surface area contributed by atoms with E-state index in [0.29, 0.717) is 13.2 Å². The van der Waals surface area contributed by atoms with Crippen LogP contribution in [0, 0.1) is 5.41 Å². The van der Waals surface area contributed by atoms with Crippen molar-refractivity contribution >= 4 is 18.5 Å².